The van der Waals surface area contributed by atoms with Gasteiger partial charge in [-0.3, -0.25) is 4.79 Å². The Kier molecular flexibility index (Phi) is 4.66. The van der Waals surface area contributed by atoms with Gasteiger partial charge in [-0.1, -0.05) is 12.1 Å². The second-order valence-electron chi connectivity index (χ2n) is 5.36. The van der Waals surface area contributed by atoms with Gasteiger partial charge in [-0.25, -0.2) is 0 Å². The maximum atomic E-state index is 11.3. The quantitative estimate of drug-likeness (QED) is 0.832. The molecule has 0 saturated carbocycles. The van der Waals surface area contributed by atoms with E-state index in [2.05, 4.69) is 5.32 Å². The Bertz CT molecular complexity index is 699. The Labute approximate surface area is 135 Å². The van der Waals surface area contributed by atoms with E-state index in [1.807, 2.05) is 37.3 Å². The zero-order chi connectivity index (χ0) is 16.1. The van der Waals surface area contributed by atoms with Crippen LogP contribution in [0.4, 0.5) is 5.69 Å². The fourth-order valence-corrected chi connectivity index (χ4v) is 2.30. The molecule has 5 heteroatoms. The van der Waals surface area contributed by atoms with Crippen LogP contribution in [0.1, 0.15) is 12.0 Å². The molecule has 2 aromatic rings. The normalized spacial score (nSPS) is 12.8. The molecule has 0 fully saturated rings. The van der Waals surface area contributed by atoms with E-state index in [9.17, 15) is 4.79 Å². The predicted molar refractivity (Wildman–Crippen MR) is 87.4 cm³/mol. The van der Waals surface area contributed by atoms with Crippen molar-refractivity contribution in [3.8, 4) is 17.2 Å². The molecule has 0 atom stereocenters. The van der Waals surface area contributed by atoms with Crippen molar-refractivity contribution in [2.75, 3.05) is 25.1 Å². The number of fused-ring (bicyclic) bond motifs is 1. The Morgan fingerprint density at radius 2 is 1.87 bits per heavy atom. The first-order chi connectivity index (χ1) is 11.2. The highest BCUT2D eigenvalue weighted by Crippen LogP contribution is 2.31. The van der Waals surface area contributed by atoms with E-state index in [-0.39, 0.29) is 12.5 Å². The number of benzene rings is 2. The number of amides is 1. The zero-order valence-electron chi connectivity index (χ0n) is 13.0. The lowest BCUT2D eigenvalue weighted by Crippen LogP contribution is -2.25. The average Bonchev–Trinajstić information content (AvgIpc) is 2.54. The van der Waals surface area contributed by atoms with Crippen LogP contribution in [0, 0.1) is 6.92 Å². The molecule has 0 saturated heterocycles. The Morgan fingerprint density at radius 1 is 1.09 bits per heavy atom. The molecule has 23 heavy (non-hydrogen) atoms. The van der Waals surface area contributed by atoms with Crippen LogP contribution in [0.2, 0.25) is 0 Å². The Hall–Kier alpha value is -2.69. The Morgan fingerprint density at radius 3 is 2.65 bits per heavy atom. The molecule has 2 aromatic carbocycles. The van der Waals surface area contributed by atoms with Gasteiger partial charge < -0.3 is 19.5 Å². The van der Waals surface area contributed by atoms with E-state index >= 15 is 0 Å². The number of anilines is 1. The van der Waals surface area contributed by atoms with Crippen LogP contribution in [0.25, 0.3) is 0 Å². The number of aryl methyl sites for hydroxylation is 1. The molecule has 1 heterocycles. The third-order valence-electron chi connectivity index (χ3n) is 3.40. The molecule has 1 aliphatic rings. The summed E-state index contributed by atoms with van der Waals surface area (Å²) in [7, 11) is 0. The zero-order valence-corrected chi connectivity index (χ0v) is 13.0. The minimum Gasteiger partial charge on any atom is -0.493 e. The first-order valence-corrected chi connectivity index (χ1v) is 7.60. The van der Waals surface area contributed by atoms with Crippen LogP contribution in [0.3, 0.4) is 0 Å². The fraction of sp³-hybridized carbons (Fsp3) is 0.278. The molecule has 5 nitrogen and oxygen atoms in total. The van der Waals surface area contributed by atoms with Gasteiger partial charge in [0, 0.05) is 12.5 Å². The number of carbonyl (C=O) groups is 1. The smallest absolute Gasteiger partial charge is 0.262 e. The third kappa shape index (κ3) is 4.16. The average molecular weight is 313 g/mol. The summed E-state index contributed by atoms with van der Waals surface area (Å²) < 4.78 is 16.7. The fourth-order valence-electron chi connectivity index (χ4n) is 2.30. The van der Waals surface area contributed by atoms with E-state index in [1.165, 1.54) is 5.56 Å². The van der Waals surface area contributed by atoms with Gasteiger partial charge in [-0.2, -0.15) is 0 Å². The minimum absolute atomic E-state index is 0.0590. The van der Waals surface area contributed by atoms with E-state index in [0.29, 0.717) is 30.4 Å². The number of ether oxygens (including phenoxy) is 3. The molecular formula is C18H19NO4. The standard InChI is InChI=1S/C18H19NO4/c1-13-4-2-5-14(10-13)21-8-3-9-22-15-6-7-17-16(11-15)19-18(20)12-23-17/h2,4-7,10-11H,3,8-9,12H2,1H3,(H,19,20). The van der Waals surface area contributed by atoms with E-state index in [4.69, 9.17) is 14.2 Å². The maximum Gasteiger partial charge on any atom is 0.262 e. The summed E-state index contributed by atoms with van der Waals surface area (Å²) in [5.41, 5.74) is 1.83. The van der Waals surface area contributed by atoms with Crippen molar-refractivity contribution in [3.05, 3.63) is 48.0 Å². The largest absolute Gasteiger partial charge is 0.493 e. The summed E-state index contributed by atoms with van der Waals surface area (Å²) in [6.45, 7) is 3.23. The van der Waals surface area contributed by atoms with Crippen LogP contribution in [-0.4, -0.2) is 25.7 Å². The number of hydrogen-bond donors (Lipinski definition) is 1. The molecule has 0 aromatic heterocycles. The molecule has 0 aliphatic carbocycles. The second kappa shape index (κ2) is 7.05. The van der Waals surface area contributed by atoms with Crippen LogP contribution in [0.5, 0.6) is 17.2 Å². The van der Waals surface area contributed by atoms with E-state index in [1.54, 1.807) is 12.1 Å². The molecule has 1 amide bonds. The molecule has 120 valence electrons. The predicted octanol–water partition coefficient (Wildman–Crippen LogP) is 3.17. The lowest BCUT2D eigenvalue weighted by molar-refractivity contribution is -0.118. The highest BCUT2D eigenvalue weighted by atomic mass is 16.5. The monoisotopic (exact) mass is 313 g/mol. The summed E-state index contributed by atoms with van der Waals surface area (Å²) in [5.74, 6) is 2.09. The van der Waals surface area contributed by atoms with Gasteiger partial charge in [0.05, 0.1) is 18.9 Å². The molecular weight excluding hydrogens is 294 g/mol. The van der Waals surface area contributed by atoms with Gasteiger partial charge in [0.1, 0.15) is 17.2 Å². The van der Waals surface area contributed by atoms with Crippen LogP contribution in [0.15, 0.2) is 42.5 Å². The van der Waals surface area contributed by atoms with Crippen molar-refractivity contribution in [1.82, 2.24) is 0 Å². The summed E-state index contributed by atoms with van der Waals surface area (Å²) in [6.07, 6.45) is 0.772. The topological polar surface area (TPSA) is 56.8 Å². The highest BCUT2D eigenvalue weighted by molar-refractivity contribution is 5.95. The second-order valence-corrected chi connectivity index (χ2v) is 5.36. The van der Waals surface area contributed by atoms with Gasteiger partial charge in [0.25, 0.3) is 5.91 Å². The maximum absolute atomic E-state index is 11.3. The molecule has 3 rings (SSSR count). The van der Waals surface area contributed by atoms with Crippen molar-refractivity contribution >= 4 is 11.6 Å². The van der Waals surface area contributed by atoms with Gasteiger partial charge in [-0.05, 0) is 36.8 Å². The molecule has 0 bridgehead atoms. The van der Waals surface area contributed by atoms with Gasteiger partial charge in [0.2, 0.25) is 0 Å². The Balaban J connectivity index is 1.44. The summed E-state index contributed by atoms with van der Waals surface area (Å²) >= 11 is 0. The van der Waals surface area contributed by atoms with Crippen LogP contribution in [-0.2, 0) is 4.79 Å². The number of hydrogen-bond acceptors (Lipinski definition) is 4. The van der Waals surface area contributed by atoms with Gasteiger partial charge in [0.15, 0.2) is 6.61 Å². The van der Waals surface area contributed by atoms with Crippen LogP contribution >= 0.6 is 0 Å². The lowest BCUT2D eigenvalue weighted by Gasteiger charge is -2.18. The van der Waals surface area contributed by atoms with Crippen LogP contribution < -0.4 is 19.5 Å². The van der Waals surface area contributed by atoms with Crippen molar-refractivity contribution in [3.63, 3.8) is 0 Å². The number of nitrogens with one attached hydrogen (secondary N) is 1. The SMILES string of the molecule is Cc1cccc(OCCCOc2ccc3c(c2)NC(=O)CO3)c1. The van der Waals surface area contributed by atoms with Crippen molar-refractivity contribution in [2.45, 2.75) is 13.3 Å². The van der Waals surface area contributed by atoms with E-state index in [0.717, 1.165) is 12.2 Å². The highest BCUT2D eigenvalue weighted by Gasteiger charge is 2.16. The van der Waals surface area contributed by atoms with Crippen molar-refractivity contribution in [1.29, 1.82) is 0 Å². The molecule has 0 unspecified atom stereocenters. The molecule has 1 aliphatic heterocycles. The summed E-state index contributed by atoms with van der Waals surface area (Å²) in [6, 6.07) is 13.4. The molecule has 0 radical (unpaired) electrons. The summed E-state index contributed by atoms with van der Waals surface area (Å²) in [5, 5.41) is 2.76. The molecule has 1 N–H and O–H groups in total. The third-order valence-corrected chi connectivity index (χ3v) is 3.40. The van der Waals surface area contributed by atoms with E-state index < -0.39 is 0 Å². The number of rotatable bonds is 6. The minimum atomic E-state index is -0.152. The van der Waals surface area contributed by atoms with Gasteiger partial charge in [-0.15, -0.1) is 0 Å². The number of carbonyl (C=O) groups excluding carboxylic acids is 1. The van der Waals surface area contributed by atoms with Crippen molar-refractivity contribution < 1.29 is 19.0 Å². The lowest BCUT2D eigenvalue weighted by atomic mass is 10.2. The first-order valence-electron chi connectivity index (χ1n) is 7.60. The molecule has 0 spiro atoms. The van der Waals surface area contributed by atoms with Gasteiger partial charge >= 0.3 is 0 Å². The summed E-state index contributed by atoms with van der Waals surface area (Å²) in [4.78, 5) is 11.3. The van der Waals surface area contributed by atoms with Crippen molar-refractivity contribution in [2.24, 2.45) is 0 Å². The first kappa shape index (κ1) is 15.2.